The van der Waals surface area contributed by atoms with E-state index < -0.39 is 0 Å². The molecule has 0 unspecified atom stereocenters. The highest BCUT2D eigenvalue weighted by Gasteiger charge is 2.35. The van der Waals surface area contributed by atoms with Crippen LogP contribution in [0.2, 0.25) is 0 Å². The molecule has 8 nitrogen and oxygen atoms in total. The molecule has 0 saturated carbocycles. The number of aromatic nitrogens is 3. The van der Waals surface area contributed by atoms with Gasteiger partial charge in [-0.3, -0.25) is 19.3 Å². The Bertz CT molecular complexity index is 1350. The monoisotopic (exact) mass is 501 g/mol. The van der Waals surface area contributed by atoms with E-state index in [0.29, 0.717) is 10.6 Å². The summed E-state index contributed by atoms with van der Waals surface area (Å²) in [6, 6.07) is 15.2. The van der Waals surface area contributed by atoms with Gasteiger partial charge in [0.2, 0.25) is 5.91 Å². The Morgan fingerprint density at radius 3 is 2.72 bits per heavy atom. The number of thioether (sulfide) groups is 1. The highest BCUT2D eigenvalue weighted by Crippen LogP contribution is 2.32. The zero-order valence-corrected chi connectivity index (χ0v) is 20.9. The SMILES string of the molecule is Cc1cccc(C=C2SC(=O)N(CCC(=O)Nc3ccc(-c4nnc5n4CCCCC5)cc3)C2=O)c1. The van der Waals surface area contributed by atoms with Crippen molar-refractivity contribution in [2.45, 2.75) is 45.6 Å². The average molecular weight is 502 g/mol. The number of hydrogen-bond donors (Lipinski definition) is 1. The minimum atomic E-state index is -0.365. The van der Waals surface area contributed by atoms with E-state index in [1.807, 2.05) is 55.5 Å². The molecule has 3 amide bonds. The number of nitrogens with one attached hydrogen (secondary N) is 1. The molecule has 0 radical (unpaired) electrons. The number of imide groups is 1. The van der Waals surface area contributed by atoms with Crippen molar-refractivity contribution < 1.29 is 14.4 Å². The van der Waals surface area contributed by atoms with E-state index in [-0.39, 0.29) is 30.0 Å². The molecule has 5 rings (SSSR count). The van der Waals surface area contributed by atoms with E-state index in [1.54, 1.807) is 6.08 Å². The molecule has 0 spiro atoms. The molecular weight excluding hydrogens is 474 g/mol. The molecule has 184 valence electrons. The van der Waals surface area contributed by atoms with E-state index in [4.69, 9.17) is 0 Å². The minimum Gasteiger partial charge on any atom is -0.326 e. The van der Waals surface area contributed by atoms with Crippen molar-refractivity contribution >= 4 is 40.6 Å². The molecule has 3 aromatic rings. The second-order valence-corrected chi connectivity index (χ2v) is 10.0. The van der Waals surface area contributed by atoms with Crippen LogP contribution in [0.5, 0.6) is 0 Å². The van der Waals surface area contributed by atoms with Crippen LogP contribution in [0, 0.1) is 6.92 Å². The smallest absolute Gasteiger partial charge is 0.293 e. The third kappa shape index (κ3) is 5.26. The van der Waals surface area contributed by atoms with E-state index in [2.05, 4.69) is 20.1 Å². The summed E-state index contributed by atoms with van der Waals surface area (Å²) in [7, 11) is 0. The van der Waals surface area contributed by atoms with Gasteiger partial charge in [-0.05, 0) is 67.4 Å². The predicted octanol–water partition coefficient (Wildman–Crippen LogP) is 5.05. The van der Waals surface area contributed by atoms with Crippen LogP contribution in [0.1, 0.15) is 42.6 Å². The Morgan fingerprint density at radius 2 is 1.92 bits per heavy atom. The molecular formula is C27H27N5O3S. The largest absolute Gasteiger partial charge is 0.326 e. The summed E-state index contributed by atoms with van der Waals surface area (Å²) >= 11 is 0.903. The van der Waals surface area contributed by atoms with E-state index in [9.17, 15) is 14.4 Å². The van der Waals surface area contributed by atoms with Crippen molar-refractivity contribution in [3.8, 4) is 11.4 Å². The van der Waals surface area contributed by atoms with Crippen LogP contribution in [-0.2, 0) is 22.6 Å². The van der Waals surface area contributed by atoms with Crippen LogP contribution in [0.4, 0.5) is 10.5 Å². The van der Waals surface area contributed by atoms with Gasteiger partial charge in [0.05, 0.1) is 4.91 Å². The summed E-state index contributed by atoms with van der Waals surface area (Å²) in [5, 5.41) is 11.2. The number of aryl methyl sites for hydroxylation is 2. The summed E-state index contributed by atoms with van der Waals surface area (Å²) < 4.78 is 2.18. The van der Waals surface area contributed by atoms with Gasteiger partial charge in [-0.25, -0.2) is 0 Å². The van der Waals surface area contributed by atoms with Crippen molar-refractivity contribution in [2.24, 2.45) is 0 Å². The van der Waals surface area contributed by atoms with Crippen LogP contribution in [-0.4, -0.2) is 43.3 Å². The Balaban J connectivity index is 1.18. The fraction of sp³-hybridized carbons (Fsp3) is 0.296. The zero-order valence-electron chi connectivity index (χ0n) is 20.1. The molecule has 36 heavy (non-hydrogen) atoms. The standard InChI is InChI=1S/C27H27N5O3S/c1-18-6-5-7-19(16-18)17-22-26(34)32(27(35)36-22)15-13-24(33)28-21-11-9-20(10-12-21)25-30-29-23-8-3-2-4-14-31(23)25/h5-7,9-12,16-17H,2-4,8,13-15H2,1H3,(H,28,33). The molecule has 2 aliphatic rings. The highest BCUT2D eigenvalue weighted by molar-refractivity contribution is 8.18. The summed E-state index contributed by atoms with van der Waals surface area (Å²) in [5.41, 5.74) is 3.53. The van der Waals surface area contributed by atoms with Crippen molar-refractivity contribution in [3.63, 3.8) is 0 Å². The molecule has 0 bridgehead atoms. The van der Waals surface area contributed by atoms with Crippen molar-refractivity contribution in [1.29, 1.82) is 0 Å². The second kappa shape index (κ2) is 10.5. The minimum absolute atomic E-state index is 0.0230. The predicted molar refractivity (Wildman–Crippen MR) is 140 cm³/mol. The van der Waals surface area contributed by atoms with Gasteiger partial charge < -0.3 is 9.88 Å². The third-order valence-electron chi connectivity index (χ3n) is 6.31. The summed E-state index contributed by atoms with van der Waals surface area (Å²) in [4.78, 5) is 39.1. The Morgan fingerprint density at radius 1 is 1.08 bits per heavy atom. The number of rotatable bonds is 6. The number of fused-ring (bicyclic) bond motifs is 1. The lowest BCUT2D eigenvalue weighted by molar-refractivity contribution is -0.123. The summed E-state index contributed by atoms with van der Waals surface area (Å²) in [5.74, 6) is 1.25. The van der Waals surface area contributed by atoms with Gasteiger partial charge in [0.1, 0.15) is 5.82 Å². The van der Waals surface area contributed by atoms with Gasteiger partial charge in [0, 0.05) is 37.2 Å². The van der Waals surface area contributed by atoms with E-state index >= 15 is 0 Å². The first-order valence-electron chi connectivity index (χ1n) is 12.1. The molecule has 0 aliphatic carbocycles. The number of carbonyl (C=O) groups is 3. The van der Waals surface area contributed by atoms with Gasteiger partial charge >= 0.3 is 0 Å². The average Bonchev–Trinajstić information content (AvgIpc) is 3.27. The second-order valence-electron chi connectivity index (χ2n) is 9.03. The molecule has 1 fully saturated rings. The quantitative estimate of drug-likeness (QED) is 0.475. The number of carbonyl (C=O) groups excluding carboxylic acids is 3. The first kappa shape index (κ1) is 24.0. The molecule has 2 aliphatic heterocycles. The lowest BCUT2D eigenvalue weighted by Gasteiger charge is -2.12. The Kier molecular flexibility index (Phi) is 6.99. The Labute approximate surface area is 213 Å². The molecule has 1 N–H and O–H groups in total. The van der Waals surface area contributed by atoms with Gasteiger partial charge in [-0.1, -0.05) is 36.2 Å². The van der Waals surface area contributed by atoms with Crippen LogP contribution < -0.4 is 5.32 Å². The molecule has 0 atom stereocenters. The fourth-order valence-corrected chi connectivity index (χ4v) is 5.31. The van der Waals surface area contributed by atoms with Crippen molar-refractivity contribution in [2.75, 3.05) is 11.9 Å². The molecule has 3 heterocycles. The molecule has 1 aromatic heterocycles. The van der Waals surface area contributed by atoms with Gasteiger partial charge in [0.25, 0.3) is 11.1 Å². The molecule has 9 heteroatoms. The van der Waals surface area contributed by atoms with E-state index in [0.717, 1.165) is 70.8 Å². The maximum Gasteiger partial charge on any atom is 0.293 e. The normalized spacial score (nSPS) is 16.8. The first-order chi connectivity index (χ1) is 17.5. The van der Waals surface area contributed by atoms with Gasteiger partial charge in [-0.15, -0.1) is 10.2 Å². The third-order valence-corrected chi connectivity index (χ3v) is 7.22. The molecule has 2 aromatic carbocycles. The number of amides is 3. The maximum absolute atomic E-state index is 12.7. The lowest BCUT2D eigenvalue weighted by Crippen LogP contribution is -2.31. The molecule has 1 saturated heterocycles. The first-order valence-corrected chi connectivity index (χ1v) is 12.9. The highest BCUT2D eigenvalue weighted by atomic mass is 32.2. The number of anilines is 1. The number of hydrogen-bond acceptors (Lipinski definition) is 6. The topological polar surface area (TPSA) is 97.2 Å². The lowest BCUT2D eigenvalue weighted by atomic mass is 10.1. The van der Waals surface area contributed by atoms with Crippen LogP contribution in [0.3, 0.4) is 0 Å². The van der Waals surface area contributed by atoms with Crippen molar-refractivity contribution in [3.05, 3.63) is 70.4 Å². The summed E-state index contributed by atoms with van der Waals surface area (Å²) in [6.45, 7) is 2.92. The zero-order chi connectivity index (χ0) is 25.1. The Hall–Kier alpha value is -3.72. The van der Waals surface area contributed by atoms with E-state index in [1.165, 1.54) is 6.42 Å². The maximum atomic E-state index is 12.7. The van der Waals surface area contributed by atoms with Crippen LogP contribution in [0.25, 0.3) is 17.5 Å². The van der Waals surface area contributed by atoms with Crippen molar-refractivity contribution in [1.82, 2.24) is 19.7 Å². The summed E-state index contributed by atoms with van der Waals surface area (Å²) in [6.07, 6.45) is 6.15. The van der Waals surface area contributed by atoms with Crippen LogP contribution in [0.15, 0.2) is 53.4 Å². The van der Waals surface area contributed by atoms with Gasteiger partial charge in [-0.2, -0.15) is 0 Å². The fourth-order valence-electron chi connectivity index (χ4n) is 4.44. The number of nitrogens with zero attached hydrogens (tertiary/aromatic N) is 4. The van der Waals surface area contributed by atoms with Gasteiger partial charge in [0.15, 0.2) is 5.82 Å². The number of benzene rings is 2. The van der Waals surface area contributed by atoms with Crippen LogP contribution >= 0.6 is 11.8 Å².